The first-order chi connectivity index (χ1) is 8.70. The van der Waals surface area contributed by atoms with E-state index in [1.54, 1.807) is 11.6 Å². The lowest BCUT2D eigenvalue weighted by atomic mass is 10.5. The number of nitrogen functional groups attached to an aromatic ring is 1. The highest BCUT2D eigenvalue weighted by atomic mass is 32.2. The summed E-state index contributed by atoms with van der Waals surface area (Å²) in [5.41, 5.74) is 0. The van der Waals surface area contributed by atoms with Crippen LogP contribution < -0.4 is 11.2 Å². The molecule has 2 rings (SSSR count). The summed E-state index contributed by atoms with van der Waals surface area (Å²) >= 11 is 2.62. The molecule has 0 saturated carbocycles. The van der Waals surface area contributed by atoms with E-state index in [-0.39, 0.29) is 11.7 Å². The maximum atomic E-state index is 11.6. The summed E-state index contributed by atoms with van der Waals surface area (Å²) in [6, 6.07) is 0. The lowest BCUT2D eigenvalue weighted by Crippen LogP contribution is -2.17. The van der Waals surface area contributed by atoms with Gasteiger partial charge >= 0.3 is 0 Å². The molecule has 2 heterocycles. The number of nitrogens with two attached hydrogens (primary N) is 1. The van der Waals surface area contributed by atoms with E-state index >= 15 is 0 Å². The molecule has 0 spiro atoms. The number of thioether (sulfide) groups is 1. The zero-order chi connectivity index (χ0) is 13.0. The average molecular weight is 284 g/mol. The Balaban J connectivity index is 1.87. The highest BCUT2D eigenvalue weighted by Gasteiger charge is 2.11. The summed E-state index contributed by atoms with van der Waals surface area (Å²) in [6.45, 7) is 1.94. The summed E-state index contributed by atoms with van der Waals surface area (Å²) in [5.74, 6) is 6.54. The smallest absolute Gasteiger partial charge is 0.236 e. The van der Waals surface area contributed by atoms with Crippen LogP contribution in [0.2, 0.25) is 0 Å². The molecule has 9 heteroatoms. The topological polar surface area (TPSA) is 98.7 Å². The van der Waals surface area contributed by atoms with Gasteiger partial charge in [-0.15, -0.1) is 21.5 Å². The number of amides is 1. The predicted octanol–water partition coefficient (Wildman–Crippen LogP) is 0.742. The van der Waals surface area contributed by atoms with Gasteiger partial charge in [0.05, 0.1) is 5.75 Å². The van der Waals surface area contributed by atoms with Crippen molar-refractivity contribution in [2.45, 2.75) is 18.5 Å². The third-order valence-corrected chi connectivity index (χ3v) is 3.69. The zero-order valence-corrected chi connectivity index (χ0v) is 11.3. The molecule has 96 valence electrons. The van der Waals surface area contributed by atoms with Crippen LogP contribution in [-0.2, 0) is 11.2 Å². The predicted molar refractivity (Wildman–Crippen MR) is 71.0 cm³/mol. The van der Waals surface area contributed by atoms with Crippen LogP contribution in [0.25, 0.3) is 0 Å². The average Bonchev–Trinajstić information content (AvgIpc) is 2.97. The number of thiazole rings is 1. The van der Waals surface area contributed by atoms with E-state index in [1.807, 2.05) is 6.92 Å². The Hall–Kier alpha value is -1.61. The number of hydrogen-bond donors (Lipinski definition) is 2. The van der Waals surface area contributed by atoms with Gasteiger partial charge in [0.1, 0.15) is 0 Å². The molecule has 7 nitrogen and oxygen atoms in total. The quantitative estimate of drug-likeness (QED) is 0.620. The number of aromatic nitrogens is 4. The van der Waals surface area contributed by atoms with Crippen LogP contribution in [0, 0.1) is 0 Å². The first-order valence-corrected chi connectivity index (χ1v) is 7.08. The fourth-order valence-corrected chi connectivity index (χ4v) is 2.44. The van der Waals surface area contributed by atoms with Crippen molar-refractivity contribution in [3.05, 3.63) is 17.4 Å². The number of hydrogen-bond acceptors (Lipinski definition) is 7. The molecule has 0 unspecified atom stereocenters. The van der Waals surface area contributed by atoms with E-state index in [9.17, 15) is 4.79 Å². The molecule has 2 aromatic rings. The molecular formula is C9H12N6OS2. The van der Waals surface area contributed by atoms with Gasteiger partial charge in [-0.3, -0.25) is 4.79 Å². The van der Waals surface area contributed by atoms with E-state index in [0.717, 1.165) is 0 Å². The van der Waals surface area contributed by atoms with Gasteiger partial charge in [-0.25, -0.2) is 9.66 Å². The van der Waals surface area contributed by atoms with Gasteiger partial charge in [0.15, 0.2) is 11.0 Å². The van der Waals surface area contributed by atoms with Crippen LogP contribution >= 0.6 is 23.1 Å². The molecule has 0 aliphatic carbocycles. The van der Waals surface area contributed by atoms with Crippen molar-refractivity contribution in [2.75, 3.05) is 16.9 Å². The molecule has 0 fully saturated rings. The molecule has 18 heavy (non-hydrogen) atoms. The van der Waals surface area contributed by atoms with Crippen molar-refractivity contribution >= 4 is 34.1 Å². The number of nitrogens with zero attached hydrogens (tertiary/aromatic N) is 4. The van der Waals surface area contributed by atoms with Gasteiger partial charge in [-0.2, -0.15) is 0 Å². The van der Waals surface area contributed by atoms with E-state index in [0.29, 0.717) is 22.5 Å². The Morgan fingerprint density at radius 2 is 2.44 bits per heavy atom. The van der Waals surface area contributed by atoms with Crippen LogP contribution in [0.3, 0.4) is 0 Å². The van der Waals surface area contributed by atoms with Crippen molar-refractivity contribution in [3.8, 4) is 0 Å². The van der Waals surface area contributed by atoms with Crippen molar-refractivity contribution in [2.24, 2.45) is 0 Å². The maximum Gasteiger partial charge on any atom is 0.236 e. The third kappa shape index (κ3) is 2.99. The molecule has 1 amide bonds. The lowest BCUT2D eigenvalue weighted by Gasteiger charge is -2.02. The van der Waals surface area contributed by atoms with Crippen LogP contribution in [-0.4, -0.2) is 31.5 Å². The molecular weight excluding hydrogens is 272 g/mol. The Morgan fingerprint density at radius 3 is 3.06 bits per heavy atom. The first-order valence-electron chi connectivity index (χ1n) is 5.22. The molecule has 2 aromatic heterocycles. The number of carbonyl (C=O) groups is 1. The minimum Gasteiger partial charge on any atom is -0.336 e. The number of anilines is 1. The maximum absolute atomic E-state index is 11.6. The second kappa shape index (κ2) is 5.83. The molecule has 0 aliphatic heterocycles. The molecule has 0 bridgehead atoms. The van der Waals surface area contributed by atoms with E-state index in [4.69, 9.17) is 5.84 Å². The summed E-state index contributed by atoms with van der Waals surface area (Å²) in [7, 11) is 0. The van der Waals surface area contributed by atoms with Crippen LogP contribution in [0.5, 0.6) is 0 Å². The molecule has 0 saturated heterocycles. The molecule has 0 radical (unpaired) electrons. The normalized spacial score (nSPS) is 10.5. The minimum atomic E-state index is -0.143. The number of rotatable bonds is 5. The zero-order valence-electron chi connectivity index (χ0n) is 9.66. The highest BCUT2D eigenvalue weighted by Crippen LogP contribution is 2.16. The van der Waals surface area contributed by atoms with Crippen molar-refractivity contribution in [1.82, 2.24) is 19.9 Å². The summed E-state index contributed by atoms with van der Waals surface area (Å²) in [4.78, 5) is 15.6. The molecule has 0 aromatic carbocycles. The third-order valence-electron chi connectivity index (χ3n) is 2.06. The van der Waals surface area contributed by atoms with Crippen LogP contribution in [0.4, 0.5) is 5.13 Å². The number of aryl methyl sites for hydroxylation is 1. The summed E-state index contributed by atoms with van der Waals surface area (Å²) < 4.78 is 1.40. The standard InChI is InChI=1S/C9H12N6OS2/c1-2-6-13-14-9(15(6)10)18-5-7(16)12-8-11-3-4-17-8/h3-4H,2,5,10H2,1H3,(H,11,12,16). The van der Waals surface area contributed by atoms with E-state index < -0.39 is 0 Å². The highest BCUT2D eigenvalue weighted by molar-refractivity contribution is 7.99. The largest absolute Gasteiger partial charge is 0.336 e. The Kier molecular flexibility index (Phi) is 4.15. The van der Waals surface area contributed by atoms with Crippen molar-refractivity contribution in [1.29, 1.82) is 0 Å². The lowest BCUT2D eigenvalue weighted by molar-refractivity contribution is -0.113. The summed E-state index contributed by atoms with van der Waals surface area (Å²) in [6.07, 6.45) is 2.34. The fraction of sp³-hybridized carbons (Fsp3) is 0.333. The molecule has 0 atom stereocenters. The second-order valence-electron chi connectivity index (χ2n) is 3.30. The van der Waals surface area contributed by atoms with E-state index in [1.165, 1.54) is 27.8 Å². The van der Waals surface area contributed by atoms with Gasteiger partial charge in [0.2, 0.25) is 11.1 Å². The fourth-order valence-electron chi connectivity index (χ4n) is 1.22. The Morgan fingerprint density at radius 1 is 1.61 bits per heavy atom. The second-order valence-corrected chi connectivity index (χ2v) is 5.13. The van der Waals surface area contributed by atoms with Gasteiger partial charge in [-0.05, 0) is 0 Å². The van der Waals surface area contributed by atoms with Gasteiger partial charge in [-0.1, -0.05) is 18.7 Å². The monoisotopic (exact) mass is 284 g/mol. The SMILES string of the molecule is CCc1nnc(SCC(=O)Nc2nccs2)n1N. The van der Waals surface area contributed by atoms with Gasteiger partial charge in [0.25, 0.3) is 0 Å². The molecule has 3 N–H and O–H groups in total. The van der Waals surface area contributed by atoms with E-state index in [2.05, 4.69) is 20.5 Å². The Labute approximate surface area is 112 Å². The van der Waals surface area contributed by atoms with Crippen molar-refractivity contribution in [3.63, 3.8) is 0 Å². The van der Waals surface area contributed by atoms with Crippen LogP contribution in [0.15, 0.2) is 16.7 Å². The minimum absolute atomic E-state index is 0.143. The molecule has 0 aliphatic rings. The first kappa shape index (κ1) is 12.8. The Bertz CT molecular complexity index is 523. The van der Waals surface area contributed by atoms with Gasteiger partial charge in [0, 0.05) is 18.0 Å². The number of nitrogens with one attached hydrogen (secondary N) is 1. The van der Waals surface area contributed by atoms with Crippen molar-refractivity contribution < 1.29 is 4.79 Å². The van der Waals surface area contributed by atoms with Gasteiger partial charge < -0.3 is 11.2 Å². The van der Waals surface area contributed by atoms with Crippen LogP contribution in [0.1, 0.15) is 12.7 Å². The number of carbonyl (C=O) groups excluding carboxylic acids is 1. The summed E-state index contributed by atoms with van der Waals surface area (Å²) in [5, 5.41) is 13.4.